The molecule has 8 nitrogen and oxygen atoms in total. The van der Waals surface area contributed by atoms with E-state index in [0.29, 0.717) is 11.1 Å². The van der Waals surface area contributed by atoms with Crippen LogP contribution in [0.1, 0.15) is 46.5 Å². The number of allylic oxidation sites excluding steroid dienone is 8. The largest absolute Gasteiger partial charge is 0.435 e. The second-order valence-corrected chi connectivity index (χ2v) is 8.78. The van der Waals surface area contributed by atoms with Crippen LogP contribution in [0.3, 0.4) is 0 Å². The molecule has 0 amide bonds. The average molecular weight is 547 g/mol. The Labute approximate surface area is 234 Å². The molecular formula is C31H46O8. The molecule has 0 unspecified atom stereocenters. The molecule has 2 atom stereocenters. The van der Waals surface area contributed by atoms with Crippen LogP contribution in [-0.4, -0.2) is 64.7 Å². The summed E-state index contributed by atoms with van der Waals surface area (Å²) in [5, 5.41) is 9.39. The van der Waals surface area contributed by atoms with E-state index in [0.717, 1.165) is 31.3 Å². The van der Waals surface area contributed by atoms with E-state index in [1.165, 1.54) is 20.3 Å². The van der Waals surface area contributed by atoms with Gasteiger partial charge in [-0.05, 0) is 56.6 Å². The molecule has 0 bridgehead atoms. The Bertz CT molecular complexity index is 906. The summed E-state index contributed by atoms with van der Waals surface area (Å²) in [5.74, 6) is -0.696. The summed E-state index contributed by atoms with van der Waals surface area (Å²) < 4.78 is 24.7. The Morgan fingerprint density at radius 2 is 1.51 bits per heavy atom. The molecule has 39 heavy (non-hydrogen) atoms. The fourth-order valence-electron chi connectivity index (χ4n) is 3.03. The van der Waals surface area contributed by atoms with E-state index in [-0.39, 0.29) is 32.2 Å². The van der Waals surface area contributed by atoms with Crippen LogP contribution in [0.4, 0.5) is 0 Å². The number of carbonyl (C=O) groups is 2. The topological polar surface area (TPSA) is 101 Å². The van der Waals surface area contributed by atoms with Gasteiger partial charge >= 0.3 is 11.9 Å². The van der Waals surface area contributed by atoms with Gasteiger partial charge in [0.05, 0.1) is 12.7 Å². The zero-order valence-electron chi connectivity index (χ0n) is 24.3. The molecule has 218 valence electrons. The number of methoxy groups -OCH3 is 3. The van der Waals surface area contributed by atoms with Crippen LogP contribution in [-0.2, 0) is 33.3 Å². The number of carbonyl (C=O) groups excluding carboxylic acids is 2. The van der Waals surface area contributed by atoms with E-state index in [9.17, 15) is 14.7 Å². The standard InChI is InChI=1S/C31H46O8/c1-25(17-20-28(22-32)21-30(33)38-23-35-4)15-13-11-9-7-8-10-12-14-16-29(37-6)26(2)18-19-27(3)31(34)39-24-36-5/h8,10-14,17-21,25,29,32H,7,9,15-16,22-24H2,1-6H3/b10-8+,13-11+,14-12-,20-17-,26-18-,27-19+,28-21+/t25-,29+/m0/s1. The molecule has 0 aromatic rings. The molecule has 1 N–H and O–H groups in total. The van der Waals surface area contributed by atoms with E-state index in [4.69, 9.17) is 18.9 Å². The van der Waals surface area contributed by atoms with Crippen molar-refractivity contribution in [3.05, 3.63) is 83.6 Å². The Morgan fingerprint density at radius 3 is 2.18 bits per heavy atom. The monoisotopic (exact) mass is 546 g/mol. The van der Waals surface area contributed by atoms with Gasteiger partial charge in [0, 0.05) is 33.0 Å². The predicted octanol–water partition coefficient (Wildman–Crippen LogP) is 5.53. The smallest absolute Gasteiger partial charge is 0.335 e. The number of unbranched alkanes of at least 4 members (excludes halogenated alkanes) is 1. The SMILES string of the molecule is COCOC(=O)/C=C(\C=C/[C@@H](C)C/C=C/CC/C=C/C=C\C[C@@H](OC)/C(C)=C\C=C(/C)C(=O)OCOC)CO. The second-order valence-electron chi connectivity index (χ2n) is 8.78. The summed E-state index contributed by atoms with van der Waals surface area (Å²) in [6.07, 6.45) is 24.4. The lowest BCUT2D eigenvalue weighted by Crippen LogP contribution is -2.11. The molecule has 0 spiro atoms. The maximum absolute atomic E-state index is 11.8. The van der Waals surface area contributed by atoms with Crippen LogP contribution < -0.4 is 0 Å². The minimum atomic E-state index is -0.548. The number of aliphatic hydroxyl groups is 1. The molecule has 0 saturated heterocycles. The highest BCUT2D eigenvalue weighted by Crippen LogP contribution is 2.12. The highest BCUT2D eigenvalue weighted by atomic mass is 16.7. The summed E-state index contributed by atoms with van der Waals surface area (Å²) in [4.78, 5) is 23.3. The van der Waals surface area contributed by atoms with Gasteiger partial charge in [-0.3, -0.25) is 0 Å². The van der Waals surface area contributed by atoms with Gasteiger partial charge in [0.1, 0.15) is 0 Å². The van der Waals surface area contributed by atoms with Gasteiger partial charge in [-0.2, -0.15) is 0 Å². The van der Waals surface area contributed by atoms with Crippen molar-refractivity contribution in [3.8, 4) is 0 Å². The van der Waals surface area contributed by atoms with E-state index in [1.807, 2.05) is 31.2 Å². The average Bonchev–Trinajstić information content (AvgIpc) is 2.94. The first-order valence-corrected chi connectivity index (χ1v) is 12.9. The molecular weight excluding hydrogens is 500 g/mol. The minimum Gasteiger partial charge on any atom is -0.435 e. The first-order valence-electron chi connectivity index (χ1n) is 12.9. The quantitative estimate of drug-likeness (QED) is 0.0531. The number of aliphatic hydroxyl groups excluding tert-OH is 1. The number of ether oxygens (including phenoxy) is 5. The molecule has 0 aliphatic carbocycles. The maximum atomic E-state index is 11.8. The molecule has 0 rings (SSSR count). The summed E-state index contributed by atoms with van der Waals surface area (Å²) in [6.45, 7) is 5.31. The molecule has 0 aliphatic rings. The van der Waals surface area contributed by atoms with Gasteiger partial charge in [-0.1, -0.05) is 67.7 Å². The lowest BCUT2D eigenvalue weighted by molar-refractivity contribution is -0.149. The number of hydrogen-bond acceptors (Lipinski definition) is 8. The number of esters is 2. The molecule has 0 radical (unpaired) electrons. The highest BCUT2D eigenvalue weighted by Gasteiger charge is 2.08. The lowest BCUT2D eigenvalue weighted by Gasteiger charge is -2.13. The van der Waals surface area contributed by atoms with E-state index in [1.54, 1.807) is 26.2 Å². The first kappa shape index (κ1) is 36.0. The van der Waals surface area contributed by atoms with Crippen molar-refractivity contribution in [2.75, 3.05) is 41.5 Å². The van der Waals surface area contributed by atoms with Crippen molar-refractivity contribution in [1.29, 1.82) is 0 Å². The minimum absolute atomic E-state index is 0.0676. The van der Waals surface area contributed by atoms with Crippen LogP contribution >= 0.6 is 0 Å². The van der Waals surface area contributed by atoms with Crippen LogP contribution in [0.2, 0.25) is 0 Å². The Morgan fingerprint density at radius 1 is 0.846 bits per heavy atom. The van der Waals surface area contributed by atoms with Gasteiger partial charge in [-0.25, -0.2) is 9.59 Å². The number of hydrogen-bond donors (Lipinski definition) is 1. The van der Waals surface area contributed by atoms with Crippen molar-refractivity contribution in [1.82, 2.24) is 0 Å². The van der Waals surface area contributed by atoms with E-state index >= 15 is 0 Å². The normalized spacial score (nSPS) is 15.1. The third kappa shape index (κ3) is 19.7. The molecule has 0 aliphatic heterocycles. The van der Waals surface area contributed by atoms with Crippen molar-refractivity contribution in [2.24, 2.45) is 5.92 Å². The predicted molar refractivity (Wildman–Crippen MR) is 154 cm³/mol. The van der Waals surface area contributed by atoms with Gasteiger partial charge in [-0.15, -0.1) is 0 Å². The maximum Gasteiger partial charge on any atom is 0.335 e. The second kappa shape index (κ2) is 24.0. The van der Waals surface area contributed by atoms with Crippen LogP contribution in [0.25, 0.3) is 0 Å². The zero-order valence-corrected chi connectivity index (χ0v) is 24.3. The lowest BCUT2D eigenvalue weighted by atomic mass is 10.1. The molecule has 0 heterocycles. The molecule has 0 saturated carbocycles. The Balaban J connectivity index is 4.42. The van der Waals surface area contributed by atoms with Gasteiger partial charge in [0.15, 0.2) is 13.6 Å². The summed E-state index contributed by atoms with van der Waals surface area (Å²) in [5.41, 5.74) is 1.98. The van der Waals surface area contributed by atoms with Gasteiger partial charge in [0.2, 0.25) is 0 Å². The fourth-order valence-corrected chi connectivity index (χ4v) is 3.03. The van der Waals surface area contributed by atoms with Crippen molar-refractivity contribution >= 4 is 11.9 Å². The van der Waals surface area contributed by atoms with E-state index in [2.05, 4.69) is 36.0 Å². The van der Waals surface area contributed by atoms with Crippen LogP contribution in [0.15, 0.2) is 83.6 Å². The third-order valence-electron chi connectivity index (χ3n) is 5.37. The summed E-state index contributed by atoms with van der Waals surface area (Å²) in [7, 11) is 4.57. The van der Waals surface area contributed by atoms with Crippen molar-refractivity contribution in [3.63, 3.8) is 0 Å². The van der Waals surface area contributed by atoms with Gasteiger partial charge in [0.25, 0.3) is 0 Å². The van der Waals surface area contributed by atoms with Crippen molar-refractivity contribution < 1.29 is 38.4 Å². The molecule has 0 fully saturated rings. The summed E-state index contributed by atoms with van der Waals surface area (Å²) >= 11 is 0. The van der Waals surface area contributed by atoms with Crippen LogP contribution in [0, 0.1) is 5.92 Å². The third-order valence-corrected chi connectivity index (χ3v) is 5.37. The fraction of sp³-hybridized carbons (Fsp3) is 0.484. The van der Waals surface area contributed by atoms with Crippen LogP contribution in [0.5, 0.6) is 0 Å². The van der Waals surface area contributed by atoms with E-state index < -0.39 is 11.9 Å². The zero-order chi connectivity index (χ0) is 29.3. The Kier molecular flexibility index (Phi) is 22.2. The molecule has 8 heteroatoms. The first-order chi connectivity index (χ1) is 18.8. The summed E-state index contributed by atoms with van der Waals surface area (Å²) in [6, 6.07) is 0. The molecule has 0 aromatic carbocycles. The Hall–Kier alpha value is -3.04. The van der Waals surface area contributed by atoms with Gasteiger partial charge < -0.3 is 28.8 Å². The number of rotatable bonds is 20. The van der Waals surface area contributed by atoms with Crippen molar-refractivity contribution in [2.45, 2.75) is 52.6 Å². The highest BCUT2D eigenvalue weighted by molar-refractivity contribution is 5.88. The molecule has 0 aromatic heterocycles.